The molecule has 0 bridgehead atoms. The number of ether oxygens (including phenoxy) is 1. The van der Waals surface area contributed by atoms with Crippen LogP contribution in [0.3, 0.4) is 0 Å². The molecular weight excluding hydrogens is 308 g/mol. The van der Waals surface area contributed by atoms with Gasteiger partial charge in [0.15, 0.2) is 0 Å². The molecule has 1 aliphatic carbocycles. The number of nitrogens with one attached hydrogen (secondary N) is 2. The van der Waals surface area contributed by atoms with Crippen LogP contribution in [-0.2, 0) is 19.6 Å². The second-order valence-electron chi connectivity index (χ2n) is 6.55. The summed E-state index contributed by atoms with van der Waals surface area (Å²) in [5, 5.41) is 1.97. The molecular formula is C14H26N2O5S. The first-order chi connectivity index (χ1) is 10.0. The fourth-order valence-electron chi connectivity index (χ4n) is 1.80. The number of sulfonamides is 1. The van der Waals surface area contributed by atoms with Gasteiger partial charge in [-0.2, -0.15) is 0 Å². The van der Waals surface area contributed by atoms with E-state index in [1.165, 1.54) is 0 Å². The molecule has 1 rings (SSSR count). The molecule has 0 heterocycles. The number of hydrogen-bond donors (Lipinski definition) is 2. The highest BCUT2D eigenvalue weighted by Gasteiger charge is 2.38. The van der Waals surface area contributed by atoms with Crippen molar-refractivity contribution in [3.63, 3.8) is 0 Å². The summed E-state index contributed by atoms with van der Waals surface area (Å²) in [6.45, 7) is 7.09. The van der Waals surface area contributed by atoms with Crippen molar-refractivity contribution in [3.05, 3.63) is 0 Å². The Morgan fingerprint density at radius 1 is 1.27 bits per heavy atom. The standard InChI is InChI=1S/C14H26N2O5S/c1-5-6-7-11(15-13(18)21-14(2,3)4)12(17)16-22(19,20)10-8-9-10/h10-11H,5-9H2,1-4H3,(H,15,18)(H,16,17). The van der Waals surface area contributed by atoms with E-state index >= 15 is 0 Å². The normalized spacial score (nSPS) is 16.7. The third kappa shape index (κ3) is 6.64. The Morgan fingerprint density at radius 3 is 2.32 bits per heavy atom. The van der Waals surface area contributed by atoms with Crippen LogP contribution in [0.1, 0.15) is 59.8 Å². The van der Waals surface area contributed by atoms with Gasteiger partial charge >= 0.3 is 6.09 Å². The van der Waals surface area contributed by atoms with Crippen molar-refractivity contribution in [2.75, 3.05) is 0 Å². The molecule has 0 aromatic rings. The maximum atomic E-state index is 12.1. The topological polar surface area (TPSA) is 102 Å². The zero-order valence-electron chi connectivity index (χ0n) is 13.6. The Balaban J connectivity index is 2.66. The van der Waals surface area contributed by atoms with Gasteiger partial charge in [0.25, 0.3) is 5.91 Å². The highest BCUT2D eigenvalue weighted by Crippen LogP contribution is 2.27. The molecule has 0 aromatic heterocycles. The smallest absolute Gasteiger partial charge is 0.408 e. The first-order valence-electron chi connectivity index (χ1n) is 7.60. The summed E-state index contributed by atoms with van der Waals surface area (Å²) in [6.07, 6.45) is 2.30. The molecule has 1 atom stereocenters. The molecule has 0 saturated heterocycles. The van der Waals surface area contributed by atoms with Crippen LogP contribution in [0, 0.1) is 0 Å². The molecule has 0 spiro atoms. The molecule has 22 heavy (non-hydrogen) atoms. The Hall–Kier alpha value is -1.31. The number of rotatable bonds is 7. The lowest BCUT2D eigenvalue weighted by Gasteiger charge is -2.23. The number of hydrogen-bond acceptors (Lipinski definition) is 5. The van der Waals surface area contributed by atoms with Crippen LogP contribution < -0.4 is 10.0 Å². The lowest BCUT2D eigenvalue weighted by molar-refractivity contribution is -0.121. The molecule has 1 aliphatic rings. The van der Waals surface area contributed by atoms with E-state index in [1.807, 2.05) is 6.92 Å². The molecule has 2 amide bonds. The van der Waals surface area contributed by atoms with Crippen molar-refractivity contribution in [2.45, 2.75) is 76.7 Å². The van der Waals surface area contributed by atoms with Crippen molar-refractivity contribution >= 4 is 22.0 Å². The molecule has 0 aromatic carbocycles. The predicted octanol–water partition coefficient (Wildman–Crippen LogP) is 1.68. The van der Waals surface area contributed by atoms with E-state index < -0.39 is 38.9 Å². The van der Waals surface area contributed by atoms with Gasteiger partial charge in [0.1, 0.15) is 11.6 Å². The number of alkyl carbamates (subject to hydrolysis) is 1. The van der Waals surface area contributed by atoms with E-state index in [2.05, 4.69) is 10.0 Å². The maximum absolute atomic E-state index is 12.1. The van der Waals surface area contributed by atoms with Gasteiger partial charge in [-0.25, -0.2) is 13.2 Å². The average molecular weight is 334 g/mol. The van der Waals surface area contributed by atoms with Crippen LogP contribution in [0.5, 0.6) is 0 Å². The van der Waals surface area contributed by atoms with Crippen LogP contribution in [0.25, 0.3) is 0 Å². The van der Waals surface area contributed by atoms with Gasteiger partial charge in [0.05, 0.1) is 5.25 Å². The van der Waals surface area contributed by atoms with Crippen molar-refractivity contribution in [1.82, 2.24) is 10.0 Å². The molecule has 1 saturated carbocycles. The zero-order chi connectivity index (χ0) is 17.0. The minimum atomic E-state index is -3.62. The second kappa shape index (κ2) is 7.30. The van der Waals surface area contributed by atoms with E-state index in [0.29, 0.717) is 25.7 Å². The SMILES string of the molecule is CCCCC(NC(=O)OC(C)(C)C)C(=O)NS(=O)(=O)C1CC1. The van der Waals surface area contributed by atoms with Gasteiger partial charge in [-0.1, -0.05) is 19.8 Å². The van der Waals surface area contributed by atoms with Crippen LogP contribution in [0.2, 0.25) is 0 Å². The van der Waals surface area contributed by atoms with Crippen LogP contribution in [0.4, 0.5) is 4.79 Å². The third-order valence-corrected chi connectivity index (χ3v) is 4.89. The van der Waals surface area contributed by atoms with Crippen molar-refractivity contribution < 1.29 is 22.7 Å². The van der Waals surface area contributed by atoms with Gasteiger partial charge in [-0.05, 0) is 40.0 Å². The van der Waals surface area contributed by atoms with Crippen LogP contribution >= 0.6 is 0 Å². The van der Waals surface area contributed by atoms with Gasteiger partial charge in [-0.15, -0.1) is 0 Å². The van der Waals surface area contributed by atoms with E-state index in [1.54, 1.807) is 20.8 Å². The summed E-state index contributed by atoms with van der Waals surface area (Å²) in [7, 11) is -3.62. The average Bonchev–Trinajstić information content (AvgIpc) is 3.15. The summed E-state index contributed by atoms with van der Waals surface area (Å²) < 4.78 is 30.8. The Labute approximate surface area is 132 Å². The van der Waals surface area contributed by atoms with Crippen molar-refractivity contribution in [1.29, 1.82) is 0 Å². The van der Waals surface area contributed by atoms with E-state index in [0.717, 1.165) is 6.42 Å². The molecule has 0 aliphatic heterocycles. The van der Waals surface area contributed by atoms with Crippen LogP contribution in [0.15, 0.2) is 0 Å². The predicted molar refractivity (Wildman–Crippen MR) is 82.8 cm³/mol. The summed E-state index contributed by atoms with van der Waals surface area (Å²) >= 11 is 0. The monoisotopic (exact) mass is 334 g/mol. The quantitative estimate of drug-likeness (QED) is 0.737. The maximum Gasteiger partial charge on any atom is 0.408 e. The Kier molecular flexibility index (Phi) is 6.22. The minimum absolute atomic E-state index is 0.363. The highest BCUT2D eigenvalue weighted by molar-refractivity contribution is 7.90. The molecule has 2 N–H and O–H groups in total. The van der Waals surface area contributed by atoms with Crippen LogP contribution in [-0.4, -0.2) is 37.3 Å². The molecule has 1 fully saturated rings. The van der Waals surface area contributed by atoms with Gasteiger partial charge in [0.2, 0.25) is 10.0 Å². The largest absolute Gasteiger partial charge is 0.444 e. The zero-order valence-corrected chi connectivity index (χ0v) is 14.5. The molecule has 8 heteroatoms. The van der Waals surface area contributed by atoms with Crippen molar-refractivity contribution in [2.24, 2.45) is 0 Å². The van der Waals surface area contributed by atoms with E-state index in [-0.39, 0.29) is 0 Å². The number of carbonyl (C=O) groups is 2. The summed E-state index contributed by atoms with van der Waals surface area (Å²) in [5.74, 6) is -0.703. The Bertz CT molecular complexity index is 506. The first-order valence-corrected chi connectivity index (χ1v) is 9.15. The van der Waals surface area contributed by atoms with E-state index in [9.17, 15) is 18.0 Å². The summed E-state index contributed by atoms with van der Waals surface area (Å²) in [5.41, 5.74) is -0.685. The summed E-state index contributed by atoms with van der Waals surface area (Å²) in [4.78, 5) is 23.9. The number of amides is 2. The first kappa shape index (κ1) is 18.7. The lowest BCUT2D eigenvalue weighted by Crippen LogP contribution is -2.50. The third-order valence-electron chi connectivity index (χ3n) is 3.06. The van der Waals surface area contributed by atoms with Gasteiger partial charge in [0, 0.05) is 0 Å². The number of carbonyl (C=O) groups excluding carboxylic acids is 2. The molecule has 1 unspecified atom stereocenters. The fourth-order valence-corrected chi connectivity index (χ4v) is 3.15. The second-order valence-corrected chi connectivity index (χ2v) is 8.51. The van der Waals surface area contributed by atoms with Gasteiger partial charge in [-0.3, -0.25) is 9.52 Å². The molecule has 0 radical (unpaired) electrons. The molecule has 7 nitrogen and oxygen atoms in total. The fraction of sp³-hybridized carbons (Fsp3) is 0.857. The lowest BCUT2D eigenvalue weighted by atomic mass is 10.1. The highest BCUT2D eigenvalue weighted by atomic mass is 32.2. The molecule has 128 valence electrons. The van der Waals surface area contributed by atoms with E-state index in [4.69, 9.17) is 4.74 Å². The van der Waals surface area contributed by atoms with Gasteiger partial charge < -0.3 is 10.1 Å². The minimum Gasteiger partial charge on any atom is -0.444 e. The number of unbranched alkanes of at least 4 members (excludes halogenated alkanes) is 1. The van der Waals surface area contributed by atoms with Crippen molar-refractivity contribution in [3.8, 4) is 0 Å². The Morgan fingerprint density at radius 2 is 1.86 bits per heavy atom. The summed E-state index contributed by atoms with van der Waals surface area (Å²) in [6, 6.07) is -0.914.